The summed E-state index contributed by atoms with van der Waals surface area (Å²) in [6, 6.07) is 15.0. The molecule has 0 aromatic heterocycles. The van der Waals surface area contributed by atoms with Crippen molar-refractivity contribution in [2.45, 2.75) is 6.92 Å². The normalized spacial score (nSPS) is 8.32. The first kappa shape index (κ1) is 24.3. The fourth-order valence-corrected chi connectivity index (χ4v) is 2.33. The Kier molecular flexibility index (Phi) is 16.2. The number of nitrogens with one attached hydrogen (secondary N) is 1. The van der Waals surface area contributed by atoms with Crippen LogP contribution < -0.4 is 13.9 Å². The summed E-state index contributed by atoms with van der Waals surface area (Å²) in [5, 5.41) is 20.4. The van der Waals surface area contributed by atoms with E-state index in [1.54, 1.807) is 0 Å². The molecule has 0 heterocycles. The van der Waals surface area contributed by atoms with E-state index in [4.69, 9.17) is 10.2 Å². The van der Waals surface area contributed by atoms with Crippen LogP contribution in [0.2, 0.25) is 0 Å². The van der Waals surface area contributed by atoms with Gasteiger partial charge in [-0.3, -0.25) is 0 Å². The standard InChI is InChI=1S/C10H7.C3H7NOS.CH3NOS.2Na.H/c1-2-6-10-8-4-3-7-9(10)5-1;1-2-4-3(5)6;2-1(3)4;;;/h1-7H;2H2,1H3,(H2,4,5,6);(H3,2,3,4);;;. The van der Waals surface area contributed by atoms with Crippen molar-refractivity contribution < 1.29 is 10.2 Å². The molecule has 2 aromatic carbocycles. The van der Waals surface area contributed by atoms with Crippen molar-refractivity contribution in [1.82, 2.24) is 5.32 Å². The predicted molar refractivity (Wildman–Crippen MR) is 105 cm³/mol. The summed E-state index contributed by atoms with van der Waals surface area (Å²) in [5.74, 6) is 0. The minimum atomic E-state index is -0.500. The molecule has 0 aliphatic heterocycles. The second-order valence-corrected chi connectivity index (χ2v) is 5.85. The van der Waals surface area contributed by atoms with E-state index in [-0.39, 0.29) is 34.7 Å². The summed E-state index contributed by atoms with van der Waals surface area (Å²) in [6.45, 7) is 2.55. The SMILES string of the molecule is CCNC(O)=S.NC(O)=S.[NaH].[Na][c]1cccc2ccccc12. The average molecular weight is 356 g/mol. The number of rotatable bonds is 1. The molecule has 0 fully saturated rings. The van der Waals surface area contributed by atoms with Crippen molar-refractivity contribution in [3.05, 3.63) is 42.5 Å². The quantitative estimate of drug-likeness (QED) is 0.455. The molecule has 0 radical (unpaired) electrons. The van der Waals surface area contributed by atoms with Gasteiger partial charge in [0.1, 0.15) is 0 Å². The Morgan fingerprint density at radius 1 is 1.14 bits per heavy atom. The van der Waals surface area contributed by atoms with E-state index in [0.29, 0.717) is 6.54 Å². The molecule has 0 bridgehead atoms. The van der Waals surface area contributed by atoms with Crippen molar-refractivity contribution in [3.63, 3.8) is 0 Å². The summed E-state index contributed by atoms with van der Waals surface area (Å²) < 4.78 is 1.49. The number of nitrogens with two attached hydrogens (primary N) is 1. The van der Waals surface area contributed by atoms with Gasteiger partial charge in [-0.15, -0.1) is 0 Å². The van der Waals surface area contributed by atoms with Crippen LogP contribution in [0.3, 0.4) is 0 Å². The zero-order valence-corrected chi connectivity index (χ0v) is 15.7. The molecule has 5 N–H and O–H groups in total. The molecule has 0 aliphatic carbocycles. The topological polar surface area (TPSA) is 78.5 Å². The van der Waals surface area contributed by atoms with Crippen molar-refractivity contribution in [2.75, 3.05) is 6.54 Å². The van der Waals surface area contributed by atoms with Crippen LogP contribution in [0, 0.1) is 0 Å². The van der Waals surface area contributed by atoms with Crippen molar-refractivity contribution >= 4 is 106 Å². The van der Waals surface area contributed by atoms with Crippen LogP contribution in [0.25, 0.3) is 10.8 Å². The summed E-state index contributed by atoms with van der Waals surface area (Å²) in [6.07, 6.45) is 0. The third-order valence-electron chi connectivity index (χ3n) is 2.34. The van der Waals surface area contributed by atoms with E-state index >= 15 is 0 Å². The van der Waals surface area contributed by atoms with Gasteiger partial charge in [0.15, 0.2) is 0 Å². The van der Waals surface area contributed by atoms with Gasteiger partial charge in [-0.1, -0.05) is 0 Å². The van der Waals surface area contributed by atoms with Gasteiger partial charge in [-0.2, -0.15) is 0 Å². The van der Waals surface area contributed by atoms with Crippen LogP contribution in [-0.4, -0.2) is 84.6 Å². The molecule has 4 nitrogen and oxygen atoms in total. The number of aliphatic hydroxyl groups excluding tert-OH is 2. The molecule has 2 aromatic rings. The molecule has 22 heavy (non-hydrogen) atoms. The van der Waals surface area contributed by atoms with Gasteiger partial charge in [0.25, 0.3) is 10.3 Å². The fraction of sp³-hybridized carbons (Fsp3) is 0.143. The Morgan fingerprint density at radius 2 is 1.64 bits per heavy atom. The summed E-state index contributed by atoms with van der Waals surface area (Å²) in [7, 11) is 0. The van der Waals surface area contributed by atoms with Crippen LogP contribution in [0.4, 0.5) is 0 Å². The van der Waals surface area contributed by atoms with E-state index in [1.165, 1.54) is 13.6 Å². The molecule has 0 atom stereocenters. The zero-order valence-electron chi connectivity index (χ0n) is 12.0. The molecule has 110 valence electrons. The Labute approximate surface area is 181 Å². The third-order valence-corrected chi connectivity index (χ3v) is 3.35. The summed E-state index contributed by atoms with van der Waals surface area (Å²) in [4.78, 5) is 0. The Balaban J connectivity index is 0. The maximum atomic E-state index is 8.17. The molecule has 0 saturated heterocycles. The summed E-state index contributed by atoms with van der Waals surface area (Å²) >= 11 is 9.25. The van der Waals surface area contributed by atoms with E-state index in [0.717, 1.165) is 27.9 Å². The van der Waals surface area contributed by atoms with Crippen molar-refractivity contribution in [1.29, 1.82) is 0 Å². The van der Waals surface area contributed by atoms with Crippen LogP contribution in [0.1, 0.15) is 6.92 Å². The zero-order chi connectivity index (χ0) is 16.3. The van der Waals surface area contributed by atoms with Gasteiger partial charge in [0.2, 0.25) is 0 Å². The van der Waals surface area contributed by atoms with Gasteiger partial charge in [-0.05, 0) is 31.4 Å². The second-order valence-electron chi connectivity index (χ2n) is 3.97. The first-order valence-electron chi connectivity index (χ1n) is 6.28. The van der Waals surface area contributed by atoms with E-state index < -0.39 is 5.17 Å². The Hall–Kier alpha value is 0.0800. The van der Waals surface area contributed by atoms with Crippen molar-refractivity contribution in [3.8, 4) is 0 Å². The maximum absolute atomic E-state index is 8.17. The first-order chi connectivity index (χ1) is 9.88. The van der Waals surface area contributed by atoms with Crippen molar-refractivity contribution in [2.24, 2.45) is 5.73 Å². The third kappa shape index (κ3) is 12.6. The molecular weight excluding hydrogens is 338 g/mol. The van der Waals surface area contributed by atoms with Crippen LogP contribution >= 0.6 is 24.4 Å². The molecule has 8 heteroatoms. The number of hydrogen-bond acceptors (Lipinski definition) is 2. The Bertz CT molecular complexity index is 589. The average Bonchev–Trinajstić information content (AvgIpc) is 2.39. The number of aliphatic hydroxyl groups is 2. The molecule has 0 aliphatic rings. The van der Waals surface area contributed by atoms with Crippen LogP contribution in [-0.2, 0) is 0 Å². The molecule has 0 amide bonds. The molecule has 2 rings (SSSR count). The molecule has 0 saturated carbocycles. The van der Waals surface area contributed by atoms with Crippen LogP contribution in [0.5, 0.6) is 0 Å². The van der Waals surface area contributed by atoms with E-state index in [2.05, 4.69) is 78.0 Å². The molecule has 0 spiro atoms. The number of hydrogen-bond donors (Lipinski definition) is 4. The molecular formula is C14H18N2Na2O2S2. The number of fused-ring (bicyclic) bond motifs is 1. The minimum absolute atomic E-state index is 0. The van der Waals surface area contributed by atoms with E-state index in [9.17, 15) is 0 Å². The number of thiocarbonyl (C=S) groups is 2. The number of benzene rings is 2. The predicted octanol–water partition coefficient (Wildman–Crippen LogP) is 1.21. The van der Waals surface area contributed by atoms with Gasteiger partial charge in [-0.25, -0.2) is 0 Å². The van der Waals surface area contributed by atoms with Gasteiger partial charge >= 0.3 is 114 Å². The van der Waals surface area contributed by atoms with Gasteiger partial charge < -0.3 is 21.3 Å². The van der Waals surface area contributed by atoms with E-state index in [1.807, 2.05) is 6.92 Å². The first-order valence-corrected chi connectivity index (χ1v) is 8.09. The Morgan fingerprint density at radius 3 is 2.05 bits per heavy atom. The second kappa shape index (κ2) is 14.7. The monoisotopic (exact) mass is 356 g/mol. The molecule has 0 unspecified atom stereocenters. The summed E-state index contributed by atoms with van der Waals surface area (Å²) in [5.41, 5.74) is 4.40. The van der Waals surface area contributed by atoms with Gasteiger partial charge in [0.05, 0.1) is 0 Å². The van der Waals surface area contributed by atoms with Crippen LogP contribution in [0.15, 0.2) is 42.5 Å². The van der Waals surface area contributed by atoms with Gasteiger partial charge in [0, 0.05) is 6.54 Å². The fourth-order valence-electron chi connectivity index (χ4n) is 1.54.